The van der Waals surface area contributed by atoms with E-state index in [0.717, 1.165) is 0 Å². The van der Waals surface area contributed by atoms with Crippen LogP contribution in [0.25, 0.3) is 10.8 Å². The predicted molar refractivity (Wildman–Crippen MR) is 144 cm³/mol. The minimum Gasteiger partial charge on any atom is -0.870 e. The molecule has 0 heterocycles. The summed E-state index contributed by atoms with van der Waals surface area (Å²) in [7, 11) is -4.71. The minimum absolute atomic E-state index is 0. The topological polar surface area (TPSA) is 140 Å². The average molecular weight is 596 g/mol. The predicted octanol–water partition coefficient (Wildman–Crippen LogP) is 3.85. The van der Waals surface area contributed by atoms with Gasteiger partial charge in [0, 0.05) is 27.1 Å². The first kappa shape index (κ1) is 30.8. The van der Waals surface area contributed by atoms with Crippen molar-refractivity contribution >= 4 is 67.1 Å². The molecular weight excluding hydrogens is 576 g/mol. The number of rotatable bonds is 7. The Hall–Kier alpha value is -2.70. The van der Waals surface area contributed by atoms with Gasteiger partial charge in [0.2, 0.25) is 0 Å². The van der Waals surface area contributed by atoms with Gasteiger partial charge >= 0.3 is 29.6 Å². The molecule has 0 aliphatic carbocycles. The van der Waals surface area contributed by atoms with Crippen molar-refractivity contribution in [2.75, 3.05) is 11.9 Å². The zero-order chi connectivity index (χ0) is 27.6. The van der Waals surface area contributed by atoms with Gasteiger partial charge in [0.05, 0.1) is 18.0 Å². The van der Waals surface area contributed by atoms with Crippen molar-refractivity contribution in [1.82, 2.24) is 0 Å². The molecule has 0 aromatic heterocycles. The molecule has 39 heavy (non-hydrogen) atoms. The van der Waals surface area contributed by atoms with Crippen molar-refractivity contribution in [3.63, 3.8) is 0 Å². The van der Waals surface area contributed by atoms with E-state index < -0.39 is 26.7 Å². The molecule has 0 radical (unpaired) electrons. The van der Waals surface area contributed by atoms with Crippen LogP contribution in [0.5, 0.6) is 11.5 Å². The fourth-order valence-corrected chi connectivity index (χ4v) is 5.05. The van der Waals surface area contributed by atoms with Crippen LogP contribution in [0.3, 0.4) is 0 Å². The standard InChI is InChI=1S/C26H21Cl2N3O6S.Na/c1-3-37-22-13-16(27)8-10-20(22)29-26(33)18-12-15-6-4-5-7-17(15)23(24(18)32)31-30-21-11-9-19(28)14(2)25(21)38(34,35)36;/h4-13,32H,3H2,1-2H3,(H,29,33)(H,34,35,36);/q;+1/p-1. The third kappa shape index (κ3) is 6.72. The van der Waals surface area contributed by atoms with E-state index >= 15 is 0 Å². The van der Waals surface area contributed by atoms with Gasteiger partial charge in [-0.05, 0) is 55.1 Å². The van der Waals surface area contributed by atoms with Crippen LogP contribution in [0.4, 0.5) is 17.1 Å². The van der Waals surface area contributed by atoms with E-state index in [4.69, 9.17) is 27.9 Å². The summed E-state index contributed by atoms with van der Waals surface area (Å²) in [5, 5.41) is 25.5. The number of amides is 1. The van der Waals surface area contributed by atoms with Gasteiger partial charge in [-0.15, -0.1) is 5.11 Å². The average Bonchev–Trinajstić information content (AvgIpc) is 2.86. The van der Waals surface area contributed by atoms with E-state index in [1.54, 1.807) is 49.4 Å². The number of fused-ring (bicyclic) bond motifs is 1. The monoisotopic (exact) mass is 595 g/mol. The van der Waals surface area contributed by atoms with E-state index in [2.05, 4.69) is 15.5 Å². The molecule has 0 spiro atoms. The summed E-state index contributed by atoms with van der Waals surface area (Å²) in [6.45, 7) is 3.50. The molecule has 196 valence electrons. The number of hydrogen-bond acceptors (Lipinski definition) is 7. The maximum atomic E-state index is 13.4. The van der Waals surface area contributed by atoms with Gasteiger partial charge in [0.1, 0.15) is 16.3 Å². The first-order valence-corrected chi connectivity index (χ1v) is 13.4. The summed E-state index contributed by atoms with van der Waals surface area (Å²) >= 11 is 12.0. The Bertz CT molecular complexity index is 1710. The molecule has 4 aromatic carbocycles. The number of nitrogens with zero attached hydrogens (tertiary/aromatic N) is 2. The van der Waals surface area contributed by atoms with Crippen LogP contribution >= 0.6 is 23.2 Å². The fraction of sp³-hybridized carbons (Fsp3) is 0.115. The molecule has 9 nitrogen and oxygen atoms in total. The Morgan fingerprint density at radius 3 is 2.49 bits per heavy atom. The molecule has 0 bridgehead atoms. The Balaban J connectivity index is 0.00000420. The summed E-state index contributed by atoms with van der Waals surface area (Å²) in [5.41, 5.74) is -0.263. The third-order valence-corrected chi connectivity index (χ3v) is 7.22. The third-order valence-electron chi connectivity index (χ3n) is 5.55. The fourth-order valence-electron chi connectivity index (χ4n) is 3.80. The van der Waals surface area contributed by atoms with Crippen molar-refractivity contribution in [3.8, 4) is 11.5 Å². The van der Waals surface area contributed by atoms with Crippen LogP contribution in [0.15, 0.2) is 75.8 Å². The molecule has 4 aromatic rings. The van der Waals surface area contributed by atoms with Gasteiger partial charge in [-0.3, -0.25) is 9.35 Å². The largest absolute Gasteiger partial charge is 1.00 e. The molecule has 1 amide bonds. The molecule has 0 fully saturated rings. The number of ether oxygens (including phenoxy) is 1. The summed E-state index contributed by atoms with van der Waals surface area (Å²) in [6, 6.07) is 15.4. The molecule has 0 saturated carbocycles. The second-order valence-electron chi connectivity index (χ2n) is 8.05. The molecule has 0 unspecified atom stereocenters. The normalized spacial score (nSPS) is 11.4. The van der Waals surface area contributed by atoms with Gasteiger partial charge < -0.3 is 15.2 Å². The number of carbonyl (C=O) groups excluding carboxylic acids is 1. The van der Waals surface area contributed by atoms with Gasteiger partial charge in [0.25, 0.3) is 16.0 Å². The first-order chi connectivity index (χ1) is 18.0. The van der Waals surface area contributed by atoms with E-state index in [1.807, 2.05) is 0 Å². The Morgan fingerprint density at radius 2 is 1.79 bits per heavy atom. The zero-order valence-electron chi connectivity index (χ0n) is 21.0. The van der Waals surface area contributed by atoms with Crippen molar-refractivity contribution in [2.45, 2.75) is 18.7 Å². The smallest absolute Gasteiger partial charge is 0.870 e. The molecule has 0 aliphatic heterocycles. The summed E-state index contributed by atoms with van der Waals surface area (Å²) in [6.07, 6.45) is 0. The molecule has 13 heteroatoms. The molecule has 2 N–H and O–H groups in total. The number of nitrogens with one attached hydrogen (secondary N) is 1. The van der Waals surface area contributed by atoms with Crippen molar-refractivity contribution in [1.29, 1.82) is 0 Å². The van der Waals surface area contributed by atoms with Gasteiger partial charge in [-0.25, -0.2) is 0 Å². The maximum Gasteiger partial charge on any atom is 1.00 e. The van der Waals surface area contributed by atoms with Crippen LogP contribution in [0, 0.1) is 6.92 Å². The van der Waals surface area contributed by atoms with Crippen molar-refractivity contribution in [2.24, 2.45) is 10.2 Å². The van der Waals surface area contributed by atoms with E-state index in [9.17, 15) is 22.9 Å². The van der Waals surface area contributed by atoms with Crippen LogP contribution in [0.2, 0.25) is 10.0 Å². The molecular formula is C26H20Cl2N3NaO6S. The Labute approximate surface area is 256 Å². The number of benzene rings is 4. The number of carbonyl (C=O) groups is 1. The molecule has 4 rings (SSSR count). The van der Waals surface area contributed by atoms with Crippen LogP contribution in [-0.4, -0.2) is 25.5 Å². The SMILES string of the molecule is CCOc1cc(Cl)ccc1NC(=O)c1cc2ccccc2c(N=Nc2ccc(Cl)c(C)c2S(=O)(=O)O)c1[O-].[Na+]. The van der Waals surface area contributed by atoms with Gasteiger partial charge in [-0.2, -0.15) is 13.5 Å². The van der Waals surface area contributed by atoms with Crippen LogP contribution in [-0.2, 0) is 10.1 Å². The number of anilines is 1. The van der Waals surface area contributed by atoms with Crippen molar-refractivity contribution < 1.29 is 57.2 Å². The Morgan fingerprint density at radius 1 is 1.08 bits per heavy atom. The van der Waals surface area contributed by atoms with Gasteiger partial charge in [-0.1, -0.05) is 53.2 Å². The zero-order valence-corrected chi connectivity index (χ0v) is 25.4. The van der Waals surface area contributed by atoms with E-state index in [0.29, 0.717) is 33.8 Å². The molecule has 0 aliphatic rings. The molecule has 0 atom stereocenters. The van der Waals surface area contributed by atoms with Crippen LogP contribution < -0.4 is 44.7 Å². The second-order valence-corrected chi connectivity index (χ2v) is 10.2. The quantitative estimate of drug-likeness (QED) is 0.189. The maximum absolute atomic E-state index is 13.4. The summed E-state index contributed by atoms with van der Waals surface area (Å²) in [4.78, 5) is 12.7. The second kappa shape index (κ2) is 12.6. The van der Waals surface area contributed by atoms with E-state index in [1.165, 1.54) is 25.1 Å². The van der Waals surface area contributed by atoms with Gasteiger partial charge in [0.15, 0.2) is 0 Å². The number of hydrogen-bond donors (Lipinski definition) is 2. The number of halogens is 2. The molecule has 0 saturated heterocycles. The summed E-state index contributed by atoms with van der Waals surface area (Å²) < 4.78 is 39.2. The van der Waals surface area contributed by atoms with E-state index in [-0.39, 0.29) is 57.1 Å². The Kier molecular flexibility index (Phi) is 10.0. The summed E-state index contributed by atoms with van der Waals surface area (Å²) in [5.74, 6) is -1.13. The first-order valence-electron chi connectivity index (χ1n) is 11.2. The minimum atomic E-state index is -4.71. The van der Waals surface area contributed by atoms with Crippen molar-refractivity contribution in [3.05, 3.63) is 81.8 Å². The van der Waals surface area contributed by atoms with Crippen LogP contribution in [0.1, 0.15) is 22.8 Å². The number of azo groups is 1.